The molecule has 0 amide bonds. The molecule has 4 nitrogen and oxygen atoms in total. The first-order chi connectivity index (χ1) is 8.86. The van der Waals surface area contributed by atoms with E-state index in [1.54, 1.807) is 5.37 Å². The Morgan fingerprint density at radius 1 is 1.39 bits per heavy atom. The van der Waals surface area contributed by atoms with E-state index in [4.69, 9.17) is 17.0 Å². The van der Waals surface area contributed by atoms with E-state index in [2.05, 4.69) is 21.3 Å². The van der Waals surface area contributed by atoms with Gasteiger partial charge < -0.3 is 15.0 Å². The summed E-state index contributed by atoms with van der Waals surface area (Å²) in [6.07, 6.45) is 1.90. The van der Waals surface area contributed by atoms with Gasteiger partial charge in [-0.1, -0.05) is 12.2 Å². The fourth-order valence-corrected chi connectivity index (χ4v) is 2.90. The lowest BCUT2D eigenvalue weighted by Gasteiger charge is -2.19. The van der Waals surface area contributed by atoms with Crippen LogP contribution >= 0.6 is 12.2 Å². The molecule has 1 N–H and O–H groups in total. The quantitative estimate of drug-likeness (QED) is 0.824. The van der Waals surface area contributed by atoms with Crippen molar-refractivity contribution in [3.8, 4) is 5.88 Å². The highest BCUT2D eigenvalue weighted by Gasteiger charge is 2.36. The molecular formula is C13H17N3OS. The van der Waals surface area contributed by atoms with Crippen molar-refractivity contribution in [1.82, 2.24) is 10.3 Å². The molecule has 3 heterocycles. The standard InChI is InChI=1S/C13H17N3OS/c18-4-3-17-13-2-1-12(7-15-13)16-8-10-5-14-6-11(10)9-16/h1-2,4,7,10-11,14H,3,5-6,8-9H2. The van der Waals surface area contributed by atoms with Crippen molar-refractivity contribution in [3.63, 3.8) is 0 Å². The zero-order valence-electron chi connectivity index (χ0n) is 10.2. The van der Waals surface area contributed by atoms with E-state index in [1.165, 1.54) is 5.69 Å². The number of ether oxygens (including phenoxy) is 1. The van der Waals surface area contributed by atoms with Gasteiger partial charge in [0.1, 0.15) is 6.61 Å². The van der Waals surface area contributed by atoms with Crippen LogP contribution < -0.4 is 15.0 Å². The molecule has 5 heteroatoms. The Hall–Kier alpha value is -1.20. The lowest BCUT2D eigenvalue weighted by molar-refractivity contribution is 0.367. The predicted octanol–water partition coefficient (Wildman–Crippen LogP) is 1.12. The summed E-state index contributed by atoms with van der Waals surface area (Å²) in [4.78, 5) is 6.73. The fraction of sp³-hybridized carbons (Fsp3) is 0.538. The number of hydrogen-bond donors (Lipinski definition) is 1. The second kappa shape index (κ2) is 5.20. The molecule has 0 radical (unpaired) electrons. The van der Waals surface area contributed by atoms with Crippen LogP contribution in [0.5, 0.6) is 5.88 Å². The van der Waals surface area contributed by atoms with E-state index in [0.717, 1.165) is 38.0 Å². The van der Waals surface area contributed by atoms with Crippen LogP contribution in [0.15, 0.2) is 18.3 Å². The Kier molecular flexibility index (Phi) is 3.43. The van der Waals surface area contributed by atoms with Crippen LogP contribution in [0, 0.1) is 11.8 Å². The molecule has 18 heavy (non-hydrogen) atoms. The minimum Gasteiger partial charge on any atom is -0.473 e. The first-order valence-electron chi connectivity index (χ1n) is 6.35. The predicted molar refractivity (Wildman–Crippen MR) is 75.4 cm³/mol. The molecule has 0 aromatic carbocycles. The third-order valence-corrected chi connectivity index (χ3v) is 3.91. The maximum atomic E-state index is 5.35. The van der Waals surface area contributed by atoms with Crippen LogP contribution in [0.2, 0.25) is 0 Å². The molecule has 3 rings (SSSR count). The first-order valence-corrected chi connectivity index (χ1v) is 6.82. The van der Waals surface area contributed by atoms with Crippen LogP contribution in [-0.4, -0.2) is 43.1 Å². The smallest absolute Gasteiger partial charge is 0.213 e. The summed E-state index contributed by atoms with van der Waals surface area (Å²) in [5.74, 6) is 2.24. The van der Waals surface area contributed by atoms with Gasteiger partial charge in [0.05, 0.1) is 11.9 Å². The van der Waals surface area contributed by atoms with Crippen LogP contribution in [-0.2, 0) is 0 Å². The Morgan fingerprint density at radius 2 is 2.17 bits per heavy atom. The lowest BCUT2D eigenvalue weighted by atomic mass is 10.0. The minimum absolute atomic E-state index is 0.432. The number of rotatable bonds is 4. The highest BCUT2D eigenvalue weighted by molar-refractivity contribution is 7.79. The average Bonchev–Trinajstić information content (AvgIpc) is 2.97. The molecule has 0 saturated carbocycles. The summed E-state index contributed by atoms with van der Waals surface area (Å²) >= 11 is 4.72. The maximum Gasteiger partial charge on any atom is 0.213 e. The third kappa shape index (κ3) is 2.33. The molecular weight excluding hydrogens is 246 g/mol. The van der Waals surface area contributed by atoms with E-state index in [1.807, 2.05) is 12.3 Å². The van der Waals surface area contributed by atoms with Crippen LogP contribution in [0.1, 0.15) is 0 Å². The highest BCUT2D eigenvalue weighted by atomic mass is 32.1. The summed E-state index contributed by atoms with van der Waals surface area (Å²) in [6.45, 7) is 5.02. The van der Waals surface area contributed by atoms with Gasteiger partial charge in [-0.05, 0) is 17.9 Å². The van der Waals surface area contributed by atoms with Gasteiger partial charge in [-0.3, -0.25) is 0 Å². The van der Waals surface area contributed by atoms with Gasteiger partial charge in [-0.2, -0.15) is 0 Å². The van der Waals surface area contributed by atoms with Crippen molar-refractivity contribution in [2.45, 2.75) is 0 Å². The van der Waals surface area contributed by atoms with Gasteiger partial charge in [-0.15, -0.1) is 0 Å². The topological polar surface area (TPSA) is 37.4 Å². The second-order valence-corrected chi connectivity index (χ2v) is 5.25. The Balaban J connectivity index is 1.64. The molecule has 2 fully saturated rings. The number of nitrogens with zero attached hydrogens (tertiary/aromatic N) is 2. The van der Waals surface area contributed by atoms with Crippen molar-refractivity contribution in [1.29, 1.82) is 0 Å². The van der Waals surface area contributed by atoms with Crippen molar-refractivity contribution in [2.24, 2.45) is 11.8 Å². The summed E-state index contributed by atoms with van der Waals surface area (Å²) in [5.41, 5.74) is 1.19. The number of pyridine rings is 1. The zero-order valence-corrected chi connectivity index (χ0v) is 11.0. The Morgan fingerprint density at radius 3 is 2.78 bits per heavy atom. The van der Waals surface area contributed by atoms with E-state index in [0.29, 0.717) is 12.5 Å². The monoisotopic (exact) mass is 263 g/mol. The number of fused-ring (bicyclic) bond motifs is 1. The van der Waals surface area contributed by atoms with Gasteiger partial charge in [0.25, 0.3) is 0 Å². The maximum absolute atomic E-state index is 5.35. The van der Waals surface area contributed by atoms with Crippen molar-refractivity contribution in [3.05, 3.63) is 18.3 Å². The molecule has 0 spiro atoms. The fourth-order valence-electron chi connectivity index (χ4n) is 2.83. The molecule has 96 valence electrons. The largest absolute Gasteiger partial charge is 0.473 e. The molecule has 2 saturated heterocycles. The van der Waals surface area contributed by atoms with Crippen molar-refractivity contribution in [2.75, 3.05) is 37.7 Å². The number of hydrogen-bond acceptors (Lipinski definition) is 5. The average molecular weight is 263 g/mol. The zero-order chi connectivity index (χ0) is 12.4. The van der Waals surface area contributed by atoms with E-state index >= 15 is 0 Å². The third-order valence-electron chi connectivity index (χ3n) is 3.77. The number of nitrogens with one attached hydrogen (secondary N) is 1. The highest BCUT2D eigenvalue weighted by Crippen LogP contribution is 2.30. The van der Waals surface area contributed by atoms with E-state index < -0.39 is 0 Å². The van der Waals surface area contributed by atoms with Gasteiger partial charge in [0.15, 0.2) is 0 Å². The molecule has 1 aromatic heterocycles. The van der Waals surface area contributed by atoms with E-state index in [9.17, 15) is 0 Å². The van der Waals surface area contributed by atoms with Crippen LogP contribution in [0.25, 0.3) is 0 Å². The van der Waals surface area contributed by atoms with E-state index in [-0.39, 0.29) is 0 Å². The van der Waals surface area contributed by atoms with Gasteiger partial charge in [0, 0.05) is 37.6 Å². The summed E-state index contributed by atoms with van der Waals surface area (Å²) < 4.78 is 5.35. The first kappa shape index (κ1) is 11.9. The molecule has 2 aliphatic rings. The SMILES string of the molecule is S=CCOc1ccc(N2CC3CNCC3C2)cn1. The number of thiocarbonyl (C=S) groups is 1. The molecule has 2 aliphatic heterocycles. The minimum atomic E-state index is 0.432. The number of aromatic nitrogens is 1. The lowest BCUT2D eigenvalue weighted by Crippen LogP contribution is -2.25. The normalized spacial score (nSPS) is 26.1. The summed E-state index contributed by atoms with van der Waals surface area (Å²) in [5, 5.41) is 5.01. The number of anilines is 1. The van der Waals surface area contributed by atoms with Gasteiger partial charge in [-0.25, -0.2) is 4.98 Å². The Bertz CT molecular complexity index is 411. The summed E-state index contributed by atoms with van der Waals surface area (Å²) in [6, 6.07) is 4.00. The molecule has 2 atom stereocenters. The molecule has 0 bridgehead atoms. The second-order valence-electron chi connectivity index (χ2n) is 4.92. The van der Waals surface area contributed by atoms with Crippen molar-refractivity contribution >= 4 is 23.3 Å². The summed E-state index contributed by atoms with van der Waals surface area (Å²) in [7, 11) is 0. The van der Waals surface area contributed by atoms with Gasteiger partial charge >= 0.3 is 0 Å². The molecule has 0 aliphatic carbocycles. The van der Waals surface area contributed by atoms with Crippen LogP contribution in [0.3, 0.4) is 0 Å². The van der Waals surface area contributed by atoms with Crippen LogP contribution in [0.4, 0.5) is 5.69 Å². The Labute approximate surface area is 112 Å². The van der Waals surface area contributed by atoms with Gasteiger partial charge in [0.2, 0.25) is 5.88 Å². The van der Waals surface area contributed by atoms with Crippen molar-refractivity contribution < 1.29 is 4.74 Å². The molecule has 1 aromatic rings. The molecule has 2 unspecified atom stereocenters.